The number of thioether (sulfide) groups is 1. The van der Waals surface area contributed by atoms with Crippen molar-refractivity contribution in [1.29, 1.82) is 0 Å². The lowest BCUT2D eigenvalue weighted by Gasteiger charge is -2.18. The van der Waals surface area contributed by atoms with Gasteiger partial charge in [0.2, 0.25) is 5.91 Å². The molecule has 1 aromatic heterocycles. The molecule has 142 valence electrons. The summed E-state index contributed by atoms with van der Waals surface area (Å²) in [6.45, 7) is 6.78. The molecule has 0 aliphatic carbocycles. The monoisotopic (exact) mass is 385 g/mol. The van der Waals surface area contributed by atoms with Crippen LogP contribution in [0.25, 0.3) is 11.0 Å². The van der Waals surface area contributed by atoms with Crippen molar-refractivity contribution in [3.05, 3.63) is 47.5 Å². The molecular weight excluding hydrogens is 362 g/mol. The Labute approximate surface area is 162 Å². The summed E-state index contributed by atoms with van der Waals surface area (Å²) in [5, 5.41) is 22.3. The van der Waals surface area contributed by atoms with Crippen molar-refractivity contribution >= 4 is 28.7 Å². The molecule has 27 heavy (non-hydrogen) atoms. The van der Waals surface area contributed by atoms with Crippen LogP contribution < -0.4 is 5.32 Å². The second-order valence-corrected chi connectivity index (χ2v) is 8.38. The normalized spacial score (nSPS) is 11.7. The van der Waals surface area contributed by atoms with E-state index in [1.165, 1.54) is 29.5 Å². The number of phenolic OH excluding ortho intramolecular Hbond substituents is 2. The SMILES string of the molecule is CC(C)(C)c1ccc2nc(SCC(=O)NCc3ccc(O)c(O)c3)[nH]c2c1. The zero-order valence-corrected chi connectivity index (χ0v) is 16.4. The molecule has 1 amide bonds. The Balaban J connectivity index is 1.57. The highest BCUT2D eigenvalue weighted by molar-refractivity contribution is 7.99. The predicted octanol–water partition coefficient (Wildman–Crippen LogP) is 3.68. The second kappa shape index (κ2) is 7.52. The molecule has 0 radical (unpaired) electrons. The summed E-state index contributed by atoms with van der Waals surface area (Å²) in [5.74, 6) is -0.285. The van der Waals surface area contributed by atoms with Crippen LogP contribution in [-0.4, -0.2) is 31.8 Å². The molecule has 0 atom stereocenters. The Morgan fingerprint density at radius 2 is 1.93 bits per heavy atom. The van der Waals surface area contributed by atoms with Crippen LogP contribution in [-0.2, 0) is 16.8 Å². The molecule has 0 aliphatic rings. The number of carbonyl (C=O) groups excluding carboxylic acids is 1. The van der Waals surface area contributed by atoms with Crippen molar-refractivity contribution in [3.63, 3.8) is 0 Å². The zero-order chi connectivity index (χ0) is 19.6. The van der Waals surface area contributed by atoms with Crippen LogP contribution in [0.3, 0.4) is 0 Å². The number of hydrogen-bond donors (Lipinski definition) is 4. The number of phenols is 2. The first-order valence-electron chi connectivity index (χ1n) is 8.63. The lowest BCUT2D eigenvalue weighted by Crippen LogP contribution is -2.24. The second-order valence-electron chi connectivity index (χ2n) is 7.41. The van der Waals surface area contributed by atoms with Crippen LogP contribution in [0, 0.1) is 0 Å². The number of carbonyl (C=O) groups is 1. The van der Waals surface area contributed by atoms with E-state index >= 15 is 0 Å². The first-order chi connectivity index (χ1) is 12.7. The van der Waals surface area contributed by atoms with Crippen LogP contribution >= 0.6 is 11.8 Å². The number of fused-ring (bicyclic) bond motifs is 1. The van der Waals surface area contributed by atoms with Gasteiger partial charge in [0.05, 0.1) is 16.8 Å². The summed E-state index contributed by atoms with van der Waals surface area (Å²) in [5.41, 5.74) is 3.84. The van der Waals surface area contributed by atoms with Gasteiger partial charge in [-0.3, -0.25) is 4.79 Å². The summed E-state index contributed by atoms with van der Waals surface area (Å²) in [7, 11) is 0. The number of rotatable bonds is 5. The largest absolute Gasteiger partial charge is 0.504 e. The Morgan fingerprint density at radius 3 is 2.63 bits per heavy atom. The molecule has 2 aromatic carbocycles. The minimum Gasteiger partial charge on any atom is -0.504 e. The summed E-state index contributed by atoms with van der Waals surface area (Å²) >= 11 is 1.34. The Bertz CT molecular complexity index is 976. The third-order valence-electron chi connectivity index (χ3n) is 4.20. The summed E-state index contributed by atoms with van der Waals surface area (Å²) in [6, 6.07) is 10.6. The third kappa shape index (κ3) is 4.74. The van der Waals surface area contributed by atoms with E-state index in [-0.39, 0.29) is 35.1 Å². The molecule has 6 nitrogen and oxygen atoms in total. The standard InChI is InChI=1S/C20H23N3O3S/c1-20(2,3)13-5-6-14-15(9-13)23-19(22-14)27-11-18(26)21-10-12-4-7-16(24)17(25)8-12/h4-9,24-25H,10-11H2,1-3H3,(H,21,26)(H,22,23). The van der Waals surface area contributed by atoms with Gasteiger partial charge < -0.3 is 20.5 Å². The number of amides is 1. The van der Waals surface area contributed by atoms with Gasteiger partial charge in [-0.2, -0.15) is 0 Å². The van der Waals surface area contributed by atoms with Gasteiger partial charge >= 0.3 is 0 Å². The van der Waals surface area contributed by atoms with Crippen molar-refractivity contribution in [2.24, 2.45) is 0 Å². The molecule has 0 bridgehead atoms. The van der Waals surface area contributed by atoms with Crippen LogP contribution in [0.15, 0.2) is 41.6 Å². The molecule has 3 aromatic rings. The molecule has 3 rings (SSSR count). The van der Waals surface area contributed by atoms with E-state index in [0.717, 1.165) is 11.0 Å². The third-order valence-corrected chi connectivity index (χ3v) is 5.07. The number of aromatic nitrogens is 2. The van der Waals surface area contributed by atoms with Gasteiger partial charge in [0, 0.05) is 6.54 Å². The minimum atomic E-state index is -0.201. The lowest BCUT2D eigenvalue weighted by molar-refractivity contribution is -0.118. The van der Waals surface area contributed by atoms with Crippen molar-refractivity contribution in [3.8, 4) is 11.5 Å². The van der Waals surface area contributed by atoms with Crippen molar-refractivity contribution in [2.75, 3.05) is 5.75 Å². The van der Waals surface area contributed by atoms with E-state index in [2.05, 4.69) is 48.2 Å². The Hall–Kier alpha value is -2.67. The summed E-state index contributed by atoms with van der Waals surface area (Å²) in [6.07, 6.45) is 0. The number of imidazole rings is 1. The molecule has 0 spiro atoms. The van der Waals surface area contributed by atoms with Crippen LogP contribution in [0.1, 0.15) is 31.9 Å². The van der Waals surface area contributed by atoms with Gasteiger partial charge in [0.1, 0.15) is 0 Å². The molecule has 0 saturated carbocycles. The smallest absolute Gasteiger partial charge is 0.230 e. The molecule has 0 unspecified atom stereocenters. The average Bonchev–Trinajstić information content (AvgIpc) is 3.02. The first kappa shape index (κ1) is 19.1. The average molecular weight is 385 g/mol. The molecule has 1 heterocycles. The summed E-state index contributed by atoms with van der Waals surface area (Å²) in [4.78, 5) is 19.8. The minimum absolute atomic E-state index is 0.0646. The number of nitrogens with one attached hydrogen (secondary N) is 2. The number of aromatic amines is 1. The zero-order valence-electron chi connectivity index (χ0n) is 15.5. The van der Waals surface area contributed by atoms with E-state index in [9.17, 15) is 15.0 Å². The Kier molecular flexibility index (Phi) is 5.32. The van der Waals surface area contributed by atoms with Crippen LogP contribution in [0.5, 0.6) is 11.5 Å². The van der Waals surface area contributed by atoms with E-state index in [4.69, 9.17) is 0 Å². The fourth-order valence-corrected chi connectivity index (χ4v) is 3.30. The highest BCUT2D eigenvalue weighted by Gasteiger charge is 2.15. The van der Waals surface area contributed by atoms with Crippen LogP contribution in [0.2, 0.25) is 0 Å². The van der Waals surface area contributed by atoms with Gasteiger partial charge in [0.25, 0.3) is 0 Å². The highest BCUT2D eigenvalue weighted by Crippen LogP contribution is 2.27. The number of aromatic hydroxyl groups is 2. The molecule has 7 heteroatoms. The fourth-order valence-electron chi connectivity index (χ4n) is 2.59. The molecule has 0 saturated heterocycles. The predicted molar refractivity (Wildman–Crippen MR) is 107 cm³/mol. The van der Waals surface area contributed by atoms with Gasteiger partial charge in [-0.05, 0) is 40.8 Å². The topological polar surface area (TPSA) is 98.2 Å². The lowest BCUT2D eigenvalue weighted by atomic mass is 9.87. The molecular formula is C20H23N3O3S. The first-order valence-corrected chi connectivity index (χ1v) is 9.61. The number of nitrogens with zero attached hydrogens (tertiary/aromatic N) is 1. The summed E-state index contributed by atoms with van der Waals surface area (Å²) < 4.78 is 0. The quantitative estimate of drug-likeness (QED) is 0.397. The van der Waals surface area contributed by atoms with E-state index in [1.807, 2.05) is 6.07 Å². The van der Waals surface area contributed by atoms with E-state index in [0.29, 0.717) is 10.7 Å². The van der Waals surface area contributed by atoms with E-state index in [1.54, 1.807) is 6.07 Å². The van der Waals surface area contributed by atoms with Gasteiger partial charge in [-0.25, -0.2) is 4.98 Å². The fraction of sp³-hybridized carbons (Fsp3) is 0.300. The van der Waals surface area contributed by atoms with Crippen molar-refractivity contribution < 1.29 is 15.0 Å². The van der Waals surface area contributed by atoms with Gasteiger partial charge in [-0.1, -0.05) is 44.7 Å². The maximum Gasteiger partial charge on any atom is 0.230 e. The van der Waals surface area contributed by atoms with Crippen molar-refractivity contribution in [1.82, 2.24) is 15.3 Å². The van der Waals surface area contributed by atoms with Gasteiger partial charge in [-0.15, -0.1) is 0 Å². The molecule has 0 fully saturated rings. The maximum atomic E-state index is 12.1. The number of benzene rings is 2. The maximum absolute atomic E-state index is 12.1. The van der Waals surface area contributed by atoms with Crippen LogP contribution in [0.4, 0.5) is 0 Å². The van der Waals surface area contributed by atoms with Gasteiger partial charge in [0.15, 0.2) is 16.7 Å². The Morgan fingerprint density at radius 1 is 1.15 bits per heavy atom. The van der Waals surface area contributed by atoms with Crippen molar-refractivity contribution in [2.45, 2.75) is 37.9 Å². The van der Waals surface area contributed by atoms with E-state index < -0.39 is 0 Å². The highest BCUT2D eigenvalue weighted by atomic mass is 32.2. The number of H-pyrrole nitrogens is 1. The molecule has 4 N–H and O–H groups in total. The number of hydrogen-bond acceptors (Lipinski definition) is 5. The molecule has 0 aliphatic heterocycles.